The van der Waals surface area contributed by atoms with Crippen LogP contribution < -0.4 is 9.62 Å². The highest BCUT2D eigenvalue weighted by Gasteiger charge is 2.33. The van der Waals surface area contributed by atoms with Crippen molar-refractivity contribution in [3.05, 3.63) is 64.5 Å². The van der Waals surface area contributed by atoms with E-state index >= 15 is 0 Å². The zero-order valence-electron chi connectivity index (χ0n) is 18.0. The first kappa shape index (κ1) is 26.4. The van der Waals surface area contributed by atoms with Crippen LogP contribution in [-0.2, 0) is 22.2 Å². The van der Waals surface area contributed by atoms with E-state index in [1.807, 2.05) is 0 Å². The maximum absolute atomic E-state index is 14.3. The molecular weight excluding hydrogens is 469 g/mol. The zero-order valence-corrected chi connectivity index (χ0v) is 18.9. The van der Waals surface area contributed by atoms with Gasteiger partial charge in [-0.1, -0.05) is 19.9 Å². The van der Waals surface area contributed by atoms with Crippen molar-refractivity contribution in [3.8, 4) is 0 Å². The van der Waals surface area contributed by atoms with E-state index in [1.54, 1.807) is 13.8 Å². The monoisotopic (exact) mass is 490 g/mol. The number of carbonyl (C=O) groups is 1. The van der Waals surface area contributed by atoms with Crippen molar-refractivity contribution in [1.29, 1.82) is 0 Å². The van der Waals surface area contributed by atoms with Crippen LogP contribution in [0.2, 0.25) is 0 Å². The van der Waals surface area contributed by atoms with Gasteiger partial charge in [0.05, 0.1) is 11.7 Å². The van der Waals surface area contributed by atoms with Crippen LogP contribution in [0.1, 0.15) is 55.2 Å². The van der Waals surface area contributed by atoms with E-state index in [-0.39, 0.29) is 17.2 Å². The van der Waals surface area contributed by atoms with Crippen molar-refractivity contribution in [2.24, 2.45) is 0 Å². The van der Waals surface area contributed by atoms with Crippen molar-refractivity contribution in [2.45, 2.75) is 38.9 Å². The summed E-state index contributed by atoms with van der Waals surface area (Å²) in [7, 11) is 0.974. The van der Waals surface area contributed by atoms with Gasteiger partial charge < -0.3 is 14.2 Å². The van der Waals surface area contributed by atoms with Gasteiger partial charge >= 0.3 is 6.18 Å². The fourth-order valence-electron chi connectivity index (χ4n) is 2.97. The molecule has 6 nitrogen and oxygen atoms in total. The molecular formula is C21H21F5N3O3S-. The third-order valence-electron chi connectivity index (χ3n) is 4.65. The summed E-state index contributed by atoms with van der Waals surface area (Å²) in [6.45, 7) is 4.78. The van der Waals surface area contributed by atoms with Crippen molar-refractivity contribution >= 4 is 28.9 Å². The Hall–Kier alpha value is -2.86. The second-order valence-electron chi connectivity index (χ2n) is 7.43. The van der Waals surface area contributed by atoms with Crippen LogP contribution in [0.3, 0.4) is 0 Å². The molecule has 1 aromatic carbocycles. The number of alkyl halides is 3. The number of hydrogen-bond donors (Lipinski definition) is 1. The maximum atomic E-state index is 14.3. The third kappa shape index (κ3) is 6.57. The van der Waals surface area contributed by atoms with Gasteiger partial charge in [0.15, 0.2) is 11.6 Å². The fourth-order valence-corrected chi connectivity index (χ4v) is 3.29. The first-order valence-electron chi connectivity index (χ1n) is 9.61. The lowest BCUT2D eigenvalue weighted by Crippen LogP contribution is -2.26. The first-order chi connectivity index (χ1) is 15.2. The molecule has 0 saturated carbocycles. The summed E-state index contributed by atoms with van der Waals surface area (Å²) in [5.41, 5.74) is -1.29. The summed E-state index contributed by atoms with van der Waals surface area (Å²) in [6.07, 6.45) is -2.23. The van der Waals surface area contributed by atoms with Crippen molar-refractivity contribution < 1.29 is 35.5 Å². The van der Waals surface area contributed by atoms with Gasteiger partial charge in [0.2, 0.25) is 5.91 Å². The lowest BCUT2D eigenvalue weighted by Gasteiger charge is -2.23. The largest absolute Gasteiger partial charge is 0.755 e. The van der Waals surface area contributed by atoms with E-state index in [0.717, 1.165) is 31.3 Å². The van der Waals surface area contributed by atoms with Crippen molar-refractivity contribution in [1.82, 2.24) is 10.3 Å². The van der Waals surface area contributed by atoms with Gasteiger partial charge in [-0.3, -0.25) is 9.00 Å². The van der Waals surface area contributed by atoms with Crippen LogP contribution in [0.4, 0.5) is 27.6 Å². The molecule has 0 saturated heterocycles. The number of nitrogens with zero attached hydrogens (tertiary/aromatic N) is 2. The van der Waals surface area contributed by atoms with Crippen LogP contribution >= 0.6 is 0 Å². The minimum Gasteiger partial charge on any atom is -0.755 e. The molecule has 2 unspecified atom stereocenters. The average Bonchev–Trinajstić information content (AvgIpc) is 2.70. The zero-order chi connectivity index (χ0) is 25.1. The summed E-state index contributed by atoms with van der Waals surface area (Å²) in [4.78, 5) is 15.9. The Balaban J connectivity index is 2.20. The summed E-state index contributed by atoms with van der Waals surface area (Å²) in [6, 6.07) is 2.95. The predicted octanol–water partition coefficient (Wildman–Crippen LogP) is 4.62. The van der Waals surface area contributed by atoms with Gasteiger partial charge in [-0.25, -0.2) is 13.8 Å². The van der Waals surface area contributed by atoms with Gasteiger partial charge in [0.1, 0.15) is 11.4 Å². The second-order valence-corrected chi connectivity index (χ2v) is 8.42. The molecule has 0 aliphatic rings. The van der Waals surface area contributed by atoms with Crippen LogP contribution in [-0.4, -0.2) is 26.7 Å². The maximum Gasteiger partial charge on any atom is 0.433 e. The van der Waals surface area contributed by atoms with Gasteiger partial charge in [0, 0.05) is 24.4 Å². The molecule has 1 aromatic heterocycles. The molecule has 1 amide bonds. The van der Waals surface area contributed by atoms with E-state index in [0.29, 0.717) is 9.87 Å². The Labute approximate surface area is 189 Å². The molecule has 0 fully saturated rings. The summed E-state index contributed by atoms with van der Waals surface area (Å²) in [5, 5.41) is 2.48. The second kappa shape index (κ2) is 10.4. The normalized spacial score (nSPS) is 13.9. The number of nitrogens with one attached hydrogen (secondary N) is 1. The molecule has 1 heterocycles. The van der Waals surface area contributed by atoms with E-state index < -0.39 is 52.4 Å². The molecule has 0 bridgehead atoms. The summed E-state index contributed by atoms with van der Waals surface area (Å²) < 4.78 is 89.6. The third-order valence-corrected chi connectivity index (χ3v) is 5.28. The van der Waals surface area contributed by atoms with Gasteiger partial charge in [0.25, 0.3) is 0 Å². The summed E-state index contributed by atoms with van der Waals surface area (Å²) in [5.74, 6) is -3.28. The molecule has 2 rings (SSSR count). The van der Waals surface area contributed by atoms with E-state index in [1.165, 1.54) is 19.1 Å². The number of aromatic nitrogens is 1. The molecule has 1 N–H and O–H groups in total. The van der Waals surface area contributed by atoms with Crippen LogP contribution in [0.25, 0.3) is 6.08 Å². The van der Waals surface area contributed by atoms with Gasteiger partial charge in [-0.15, -0.1) is 0 Å². The SMILES string of the molecule is CC(C)c1nc(C(F)(F)F)ccc1C=CC(=O)NC(C)c1cc(F)c(N(C)S(=O)[O-])c(F)c1. The van der Waals surface area contributed by atoms with Crippen molar-refractivity contribution in [3.63, 3.8) is 0 Å². The Bertz CT molecular complexity index is 1070. The molecule has 2 atom stereocenters. The molecule has 12 heteroatoms. The minimum absolute atomic E-state index is 0.0413. The molecule has 0 spiro atoms. The quantitative estimate of drug-likeness (QED) is 0.349. The molecule has 2 aromatic rings. The lowest BCUT2D eigenvalue weighted by atomic mass is 10.0. The highest BCUT2D eigenvalue weighted by atomic mass is 32.2. The van der Waals surface area contributed by atoms with Crippen LogP contribution in [0.15, 0.2) is 30.3 Å². The van der Waals surface area contributed by atoms with E-state index in [4.69, 9.17) is 0 Å². The fraction of sp³-hybridized carbons (Fsp3) is 0.333. The Morgan fingerprint density at radius 2 is 1.76 bits per heavy atom. The lowest BCUT2D eigenvalue weighted by molar-refractivity contribution is -0.141. The molecule has 33 heavy (non-hydrogen) atoms. The molecule has 0 radical (unpaired) electrons. The van der Waals surface area contributed by atoms with Gasteiger partial charge in [-0.05, 0) is 48.2 Å². The Kier molecular flexibility index (Phi) is 8.30. The van der Waals surface area contributed by atoms with Gasteiger partial charge in [-0.2, -0.15) is 13.2 Å². The molecule has 180 valence electrons. The Morgan fingerprint density at radius 3 is 2.24 bits per heavy atom. The number of anilines is 1. The smallest absolute Gasteiger partial charge is 0.433 e. The highest BCUT2D eigenvalue weighted by molar-refractivity contribution is 7.80. The topological polar surface area (TPSA) is 85.4 Å². The number of benzene rings is 1. The van der Waals surface area contributed by atoms with Crippen molar-refractivity contribution in [2.75, 3.05) is 11.4 Å². The first-order valence-corrected chi connectivity index (χ1v) is 10.6. The molecule has 0 aliphatic carbocycles. The number of halogens is 5. The number of rotatable bonds is 7. The van der Waals surface area contributed by atoms with Crippen LogP contribution in [0.5, 0.6) is 0 Å². The minimum atomic E-state index is -4.60. The number of carbonyl (C=O) groups excluding carboxylic acids is 1. The number of pyridine rings is 1. The summed E-state index contributed by atoms with van der Waals surface area (Å²) >= 11 is -2.88. The average molecular weight is 490 g/mol. The standard InChI is InChI=1S/C21H22F5N3O3S/c1-11(2)19-13(5-7-17(28-19)21(24,25)26)6-8-18(30)27-12(3)14-9-15(22)20(16(23)10-14)29(4)33(31)32/h5-12H,1-4H3,(H,27,30)(H,31,32)/p-1. The van der Waals surface area contributed by atoms with Crippen LogP contribution in [0, 0.1) is 11.6 Å². The highest BCUT2D eigenvalue weighted by Crippen LogP contribution is 2.30. The number of amides is 1. The predicted molar refractivity (Wildman–Crippen MR) is 113 cm³/mol. The Morgan fingerprint density at radius 1 is 1.18 bits per heavy atom. The number of hydrogen-bond acceptors (Lipinski definition) is 4. The molecule has 0 aliphatic heterocycles. The van der Waals surface area contributed by atoms with E-state index in [2.05, 4.69) is 10.3 Å². The van der Waals surface area contributed by atoms with E-state index in [9.17, 15) is 35.5 Å².